The van der Waals surface area contributed by atoms with E-state index in [9.17, 15) is 0 Å². The molecule has 94 valence electrons. The van der Waals surface area contributed by atoms with Gasteiger partial charge >= 0.3 is 0 Å². The van der Waals surface area contributed by atoms with Crippen molar-refractivity contribution in [3.63, 3.8) is 0 Å². The summed E-state index contributed by atoms with van der Waals surface area (Å²) >= 11 is 0. The van der Waals surface area contributed by atoms with Crippen LogP contribution in [0.1, 0.15) is 40.5 Å². The van der Waals surface area contributed by atoms with Gasteiger partial charge in [-0.2, -0.15) is 0 Å². The number of hydrogen-bond donors (Lipinski definition) is 0. The van der Waals surface area contributed by atoms with Crippen molar-refractivity contribution in [1.82, 2.24) is 9.80 Å². The average Bonchev–Trinajstić information content (AvgIpc) is 2.15. The van der Waals surface area contributed by atoms with E-state index in [0.717, 1.165) is 23.9 Å². The van der Waals surface area contributed by atoms with Crippen LogP contribution >= 0.6 is 0 Å². The first-order valence-corrected chi connectivity index (χ1v) is 7.06. The lowest BCUT2D eigenvalue weighted by Crippen LogP contribution is -2.55. The third kappa shape index (κ3) is 2.60. The van der Waals surface area contributed by atoms with Gasteiger partial charge in [-0.15, -0.1) is 0 Å². The second-order valence-electron chi connectivity index (χ2n) is 6.30. The smallest absolute Gasteiger partial charge is 0.0113 e. The van der Waals surface area contributed by atoms with Gasteiger partial charge < -0.3 is 0 Å². The summed E-state index contributed by atoms with van der Waals surface area (Å²) in [6, 6.07) is 1.65. The molecule has 1 saturated carbocycles. The topological polar surface area (TPSA) is 6.48 Å². The molecule has 1 heterocycles. The zero-order valence-electron chi connectivity index (χ0n) is 11.4. The Morgan fingerprint density at radius 1 is 0.875 bits per heavy atom. The molecule has 2 rings (SSSR count). The van der Waals surface area contributed by atoms with Crippen molar-refractivity contribution < 1.29 is 0 Å². The van der Waals surface area contributed by atoms with Crippen molar-refractivity contribution in [3.05, 3.63) is 0 Å². The zero-order valence-corrected chi connectivity index (χ0v) is 11.4. The lowest BCUT2D eigenvalue weighted by molar-refractivity contribution is 0.0123. The van der Waals surface area contributed by atoms with Crippen LogP contribution in [0.4, 0.5) is 0 Å². The fourth-order valence-electron chi connectivity index (χ4n) is 3.09. The molecule has 0 spiro atoms. The van der Waals surface area contributed by atoms with Crippen LogP contribution in [0.3, 0.4) is 0 Å². The van der Waals surface area contributed by atoms with Crippen LogP contribution in [0.2, 0.25) is 0 Å². The molecular formula is C14H28N2. The van der Waals surface area contributed by atoms with Crippen LogP contribution in [-0.4, -0.2) is 48.1 Å². The molecule has 2 aliphatic rings. The van der Waals surface area contributed by atoms with Gasteiger partial charge in [-0.1, -0.05) is 13.8 Å². The van der Waals surface area contributed by atoms with E-state index >= 15 is 0 Å². The van der Waals surface area contributed by atoms with Gasteiger partial charge in [0.05, 0.1) is 0 Å². The molecule has 2 fully saturated rings. The molecule has 0 aromatic carbocycles. The van der Waals surface area contributed by atoms with Crippen molar-refractivity contribution in [2.24, 2.45) is 11.8 Å². The highest BCUT2D eigenvalue weighted by Gasteiger charge is 2.36. The number of piperazine rings is 1. The Morgan fingerprint density at radius 2 is 1.44 bits per heavy atom. The fraction of sp³-hybridized carbons (Fsp3) is 1.00. The van der Waals surface area contributed by atoms with Gasteiger partial charge in [-0.25, -0.2) is 0 Å². The van der Waals surface area contributed by atoms with Crippen LogP contribution < -0.4 is 0 Å². The highest BCUT2D eigenvalue weighted by Crippen LogP contribution is 2.37. The Hall–Kier alpha value is -0.0800. The van der Waals surface area contributed by atoms with E-state index in [1.807, 2.05) is 0 Å². The molecule has 0 atom stereocenters. The monoisotopic (exact) mass is 224 g/mol. The van der Waals surface area contributed by atoms with Crippen LogP contribution in [0, 0.1) is 11.8 Å². The normalized spacial score (nSPS) is 33.4. The van der Waals surface area contributed by atoms with Crippen molar-refractivity contribution >= 4 is 0 Å². The molecule has 0 bridgehead atoms. The molecule has 0 aromatic heterocycles. The Morgan fingerprint density at radius 3 is 1.88 bits per heavy atom. The van der Waals surface area contributed by atoms with Crippen LogP contribution in [0.15, 0.2) is 0 Å². The van der Waals surface area contributed by atoms with Crippen LogP contribution in [-0.2, 0) is 0 Å². The molecule has 2 nitrogen and oxygen atoms in total. The summed E-state index contributed by atoms with van der Waals surface area (Å²) in [5.74, 6) is 1.90. The minimum absolute atomic E-state index is 0.729. The lowest BCUT2D eigenvalue weighted by atomic mass is 9.73. The van der Waals surface area contributed by atoms with Gasteiger partial charge in [-0.3, -0.25) is 9.80 Å². The molecular weight excluding hydrogens is 196 g/mol. The van der Waals surface area contributed by atoms with E-state index < -0.39 is 0 Å². The van der Waals surface area contributed by atoms with E-state index in [-0.39, 0.29) is 0 Å². The molecule has 1 aliphatic carbocycles. The Bertz CT molecular complexity index is 211. The van der Waals surface area contributed by atoms with Gasteiger partial charge in [0, 0.05) is 38.3 Å². The average molecular weight is 224 g/mol. The quantitative estimate of drug-likeness (QED) is 0.726. The van der Waals surface area contributed by atoms with Crippen LogP contribution in [0.25, 0.3) is 0 Å². The van der Waals surface area contributed by atoms with E-state index in [1.54, 1.807) is 0 Å². The molecule has 16 heavy (non-hydrogen) atoms. The first-order chi connectivity index (χ1) is 7.58. The number of rotatable bonds is 3. The van der Waals surface area contributed by atoms with Gasteiger partial charge in [0.15, 0.2) is 0 Å². The maximum absolute atomic E-state index is 2.73. The molecule has 0 unspecified atom stereocenters. The second kappa shape index (κ2) is 5.05. The first-order valence-electron chi connectivity index (χ1n) is 7.06. The van der Waals surface area contributed by atoms with Gasteiger partial charge in [0.1, 0.15) is 0 Å². The maximum atomic E-state index is 2.73. The highest BCUT2D eigenvalue weighted by atomic mass is 15.3. The van der Waals surface area contributed by atoms with Gasteiger partial charge in [0.2, 0.25) is 0 Å². The van der Waals surface area contributed by atoms with E-state index in [2.05, 4.69) is 37.5 Å². The number of hydrogen-bond acceptors (Lipinski definition) is 2. The van der Waals surface area contributed by atoms with E-state index in [0.29, 0.717) is 0 Å². The predicted molar refractivity (Wildman–Crippen MR) is 69.6 cm³/mol. The summed E-state index contributed by atoms with van der Waals surface area (Å²) in [5.41, 5.74) is 0. The molecule has 0 amide bonds. The Kier molecular flexibility index (Phi) is 3.91. The first kappa shape index (κ1) is 12.4. The standard InChI is InChI=1S/C14H28N2/c1-11(2)13-9-14(10-13)16-7-5-15(6-8-16)12(3)4/h11-14H,5-10H2,1-4H3. The summed E-state index contributed by atoms with van der Waals surface area (Å²) in [6.45, 7) is 14.5. The summed E-state index contributed by atoms with van der Waals surface area (Å²) in [4.78, 5) is 5.34. The largest absolute Gasteiger partial charge is 0.298 e. The minimum atomic E-state index is 0.729. The van der Waals surface area contributed by atoms with E-state index in [4.69, 9.17) is 0 Å². The minimum Gasteiger partial charge on any atom is -0.298 e. The molecule has 0 radical (unpaired) electrons. The third-order valence-electron chi connectivity index (χ3n) is 4.69. The third-order valence-corrected chi connectivity index (χ3v) is 4.69. The summed E-state index contributed by atoms with van der Waals surface area (Å²) < 4.78 is 0. The highest BCUT2D eigenvalue weighted by molar-refractivity contribution is 4.90. The van der Waals surface area contributed by atoms with Crippen LogP contribution in [0.5, 0.6) is 0 Å². The molecule has 0 aromatic rings. The summed E-state index contributed by atoms with van der Waals surface area (Å²) in [7, 11) is 0. The van der Waals surface area contributed by atoms with E-state index in [1.165, 1.54) is 39.0 Å². The van der Waals surface area contributed by atoms with Gasteiger partial charge in [-0.05, 0) is 38.5 Å². The molecule has 1 aliphatic heterocycles. The fourth-order valence-corrected chi connectivity index (χ4v) is 3.09. The van der Waals surface area contributed by atoms with Gasteiger partial charge in [0.25, 0.3) is 0 Å². The predicted octanol–water partition coefficient (Wildman–Crippen LogP) is 2.45. The maximum Gasteiger partial charge on any atom is 0.0113 e. The molecule has 0 N–H and O–H groups in total. The molecule has 2 heteroatoms. The lowest BCUT2D eigenvalue weighted by Gasteiger charge is -2.48. The van der Waals surface area contributed by atoms with Crippen molar-refractivity contribution in [2.45, 2.75) is 52.6 Å². The second-order valence-corrected chi connectivity index (χ2v) is 6.30. The zero-order chi connectivity index (χ0) is 11.7. The summed E-state index contributed by atoms with van der Waals surface area (Å²) in [5, 5.41) is 0. The SMILES string of the molecule is CC(C)C1CC(N2CCN(C(C)C)CC2)C1. The van der Waals surface area contributed by atoms with Crippen molar-refractivity contribution in [1.29, 1.82) is 0 Å². The summed E-state index contributed by atoms with van der Waals surface area (Å²) in [6.07, 6.45) is 2.92. The number of nitrogens with zero attached hydrogens (tertiary/aromatic N) is 2. The van der Waals surface area contributed by atoms with Crippen molar-refractivity contribution in [2.75, 3.05) is 26.2 Å². The Balaban J connectivity index is 1.71. The Labute approximate surface area is 101 Å². The molecule has 1 saturated heterocycles. The van der Waals surface area contributed by atoms with Crippen molar-refractivity contribution in [3.8, 4) is 0 Å².